The van der Waals surface area contributed by atoms with Gasteiger partial charge in [0.2, 0.25) is 5.95 Å². The third-order valence-electron chi connectivity index (χ3n) is 4.72. The van der Waals surface area contributed by atoms with Gasteiger partial charge in [-0.05, 0) is 44.0 Å². The topological polar surface area (TPSA) is 84.2 Å². The average Bonchev–Trinajstić information content (AvgIpc) is 3.06. The molecule has 1 aliphatic rings. The Balaban J connectivity index is 1.54. The molecule has 3 aromatic heterocycles. The molecule has 0 radical (unpaired) electrons. The van der Waals surface area contributed by atoms with Crippen LogP contribution in [0.25, 0.3) is 5.65 Å². The van der Waals surface area contributed by atoms with E-state index in [2.05, 4.69) is 25.7 Å². The summed E-state index contributed by atoms with van der Waals surface area (Å²) < 4.78 is 1.75. The van der Waals surface area contributed by atoms with Gasteiger partial charge in [-0.2, -0.15) is 9.50 Å². The Labute approximate surface area is 151 Å². The maximum absolute atomic E-state index is 12.3. The van der Waals surface area contributed by atoms with Crippen molar-refractivity contribution in [3.8, 4) is 0 Å². The van der Waals surface area contributed by atoms with Crippen molar-refractivity contribution in [1.29, 1.82) is 0 Å². The van der Waals surface area contributed by atoms with Crippen LogP contribution in [-0.4, -0.2) is 31.5 Å². The van der Waals surface area contributed by atoms with Gasteiger partial charge in [-0.3, -0.25) is 15.1 Å². The van der Waals surface area contributed by atoms with Crippen molar-refractivity contribution in [3.63, 3.8) is 0 Å². The predicted molar refractivity (Wildman–Crippen MR) is 100 cm³/mol. The molecule has 0 aromatic carbocycles. The van der Waals surface area contributed by atoms with Crippen LogP contribution in [0.4, 0.5) is 11.8 Å². The first-order valence-electron chi connectivity index (χ1n) is 9.05. The van der Waals surface area contributed by atoms with Crippen LogP contribution in [0.15, 0.2) is 36.5 Å². The molecule has 7 nitrogen and oxygen atoms in total. The van der Waals surface area contributed by atoms with Crippen LogP contribution in [-0.2, 0) is 0 Å². The molecule has 0 atom stereocenters. The van der Waals surface area contributed by atoms with E-state index in [9.17, 15) is 4.79 Å². The van der Waals surface area contributed by atoms with Crippen molar-refractivity contribution in [3.05, 3.63) is 47.8 Å². The number of nitrogens with one attached hydrogen (secondary N) is 2. The number of anilines is 2. The summed E-state index contributed by atoms with van der Waals surface area (Å²) in [6.07, 6.45) is 7.74. The van der Waals surface area contributed by atoms with Crippen molar-refractivity contribution in [1.82, 2.24) is 19.6 Å². The molecule has 3 aromatic rings. The van der Waals surface area contributed by atoms with Crippen molar-refractivity contribution < 1.29 is 4.79 Å². The Morgan fingerprint density at radius 1 is 1.15 bits per heavy atom. The second kappa shape index (κ2) is 7.11. The van der Waals surface area contributed by atoms with Crippen LogP contribution < -0.4 is 10.6 Å². The van der Waals surface area contributed by atoms with Crippen molar-refractivity contribution in [2.24, 2.45) is 0 Å². The van der Waals surface area contributed by atoms with Crippen LogP contribution >= 0.6 is 0 Å². The summed E-state index contributed by atoms with van der Waals surface area (Å²) in [4.78, 5) is 20.9. The Bertz CT molecular complexity index is 911. The molecule has 2 N–H and O–H groups in total. The van der Waals surface area contributed by atoms with Gasteiger partial charge in [0, 0.05) is 17.9 Å². The first-order valence-corrected chi connectivity index (χ1v) is 9.05. The summed E-state index contributed by atoms with van der Waals surface area (Å²) in [5, 5.41) is 10.8. The molecule has 134 valence electrons. The number of rotatable bonds is 4. The van der Waals surface area contributed by atoms with Crippen LogP contribution in [0.2, 0.25) is 0 Å². The van der Waals surface area contributed by atoms with E-state index in [0.717, 1.165) is 11.5 Å². The molecule has 0 unspecified atom stereocenters. The van der Waals surface area contributed by atoms with E-state index < -0.39 is 0 Å². The minimum Gasteiger partial charge on any atom is -0.367 e. The van der Waals surface area contributed by atoms with Crippen LogP contribution in [0.3, 0.4) is 0 Å². The van der Waals surface area contributed by atoms with Crippen LogP contribution in [0.1, 0.15) is 48.2 Å². The number of hydrogen-bond acceptors (Lipinski definition) is 5. The summed E-state index contributed by atoms with van der Waals surface area (Å²) in [6, 6.07) is 9.83. The lowest BCUT2D eigenvalue weighted by atomic mass is 9.95. The number of aryl methyl sites for hydroxylation is 1. The molecule has 26 heavy (non-hydrogen) atoms. The zero-order chi connectivity index (χ0) is 17.9. The number of aromatic nitrogens is 4. The number of hydrogen-bond donors (Lipinski definition) is 2. The normalized spacial score (nSPS) is 15.1. The summed E-state index contributed by atoms with van der Waals surface area (Å²) in [5.41, 5.74) is 2.05. The van der Waals surface area contributed by atoms with E-state index in [1.807, 2.05) is 25.1 Å². The van der Waals surface area contributed by atoms with Gasteiger partial charge in [-0.15, -0.1) is 5.10 Å². The number of fused-ring (bicyclic) bond motifs is 1. The van der Waals surface area contributed by atoms with E-state index in [0.29, 0.717) is 17.3 Å². The molecule has 4 rings (SSSR count). The Kier molecular flexibility index (Phi) is 4.51. The molecule has 1 fully saturated rings. The van der Waals surface area contributed by atoms with Gasteiger partial charge in [-0.1, -0.05) is 25.3 Å². The van der Waals surface area contributed by atoms with E-state index in [-0.39, 0.29) is 11.9 Å². The molecule has 1 aliphatic carbocycles. The summed E-state index contributed by atoms with van der Waals surface area (Å²) in [7, 11) is 0. The lowest BCUT2D eigenvalue weighted by Gasteiger charge is -2.23. The van der Waals surface area contributed by atoms with Gasteiger partial charge in [-0.25, -0.2) is 0 Å². The summed E-state index contributed by atoms with van der Waals surface area (Å²) in [6.45, 7) is 1.88. The van der Waals surface area contributed by atoms with Gasteiger partial charge in [0.1, 0.15) is 5.82 Å². The van der Waals surface area contributed by atoms with Gasteiger partial charge in [0.25, 0.3) is 5.91 Å². The average molecular weight is 350 g/mol. The van der Waals surface area contributed by atoms with E-state index in [1.165, 1.54) is 32.1 Å². The number of nitrogens with zero attached hydrogens (tertiary/aromatic N) is 4. The van der Waals surface area contributed by atoms with Gasteiger partial charge < -0.3 is 5.32 Å². The fraction of sp³-hybridized carbons (Fsp3) is 0.368. The predicted octanol–water partition coefficient (Wildman–Crippen LogP) is 3.43. The number of carbonyl (C=O) groups is 1. The van der Waals surface area contributed by atoms with E-state index in [1.54, 1.807) is 22.8 Å². The molecule has 0 aliphatic heterocycles. The summed E-state index contributed by atoms with van der Waals surface area (Å²) >= 11 is 0. The quantitative estimate of drug-likeness (QED) is 0.753. The van der Waals surface area contributed by atoms with Crippen molar-refractivity contribution >= 4 is 23.3 Å². The highest BCUT2D eigenvalue weighted by atomic mass is 16.1. The highest BCUT2D eigenvalue weighted by Gasteiger charge is 2.16. The first kappa shape index (κ1) is 16.5. The number of carbonyl (C=O) groups excluding carboxylic acids is 1. The number of pyridine rings is 2. The zero-order valence-corrected chi connectivity index (χ0v) is 14.8. The maximum Gasteiger partial charge on any atom is 0.259 e. The van der Waals surface area contributed by atoms with Crippen LogP contribution in [0, 0.1) is 6.92 Å². The van der Waals surface area contributed by atoms with E-state index in [4.69, 9.17) is 0 Å². The zero-order valence-electron chi connectivity index (χ0n) is 14.8. The molecule has 0 spiro atoms. The van der Waals surface area contributed by atoms with E-state index >= 15 is 0 Å². The van der Waals surface area contributed by atoms with Crippen molar-refractivity contribution in [2.45, 2.75) is 45.1 Å². The monoisotopic (exact) mass is 350 g/mol. The molecule has 1 amide bonds. The SMILES string of the molecule is Cc1ccc(C(=O)Nc2nc3cccc(NC4CCCCC4)n3n2)cn1. The standard InChI is InChI=1S/C19H22N6O/c1-13-10-11-14(12-20-13)18(26)23-19-22-17-9-5-8-16(25(17)24-19)21-15-6-3-2-4-7-15/h5,8-12,15,21H,2-4,6-7H2,1H3,(H,23,24,26). The first-order chi connectivity index (χ1) is 12.7. The van der Waals surface area contributed by atoms with Crippen molar-refractivity contribution in [2.75, 3.05) is 10.6 Å². The molecular formula is C19H22N6O. The Morgan fingerprint density at radius 3 is 2.77 bits per heavy atom. The largest absolute Gasteiger partial charge is 0.367 e. The lowest BCUT2D eigenvalue weighted by molar-refractivity contribution is 0.102. The number of amides is 1. The third-order valence-corrected chi connectivity index (χ3v) is 4.72. The molecule has 3 heterocycles. The molecular weight excluding hydrogens is 328 g/mol. The second-order valence-electron chi connectivity index (χ2n) is 6.74. The van der Waals surface area contributed by atoms with Crippen LogP contribution in [0.5, 0.6) is 0 Å². The van der Waals surface area contributed by atoms with Gasteiger partial charge in [0.15, 0.2) is 5.65 Å². The fourth-order valence-electron chi connectivity index (χ4n) is 3.30. The van der Waals surface area contributed by atoms with Gasteiger partial charge in [0.05, 0.1) is 5.56 Å². The highest BCUT2D eigenvalue weighted by Crippen LogP contribution is 2.22. The molecule has 0 saturated heterocycles. The molecule has 1 saturated carbocycles. The maximum atomic E-state index is 12.3. The lowest BCUT2D eigenvalue weighted by Crippen LogP contribution is -2.23. The minimum atomic E-state index is -0.268. The second-order valence-corrected chi connectivity index (χ2v) is 6.74. The summed E-state index contributed by atoms with van der Waals surface area (Å²) in [5.74, 6) is 0.920. The Hall–Kier alpha value is -2.96. The third kappa shape index (κ3) is 3.51. The Morgan fingerprint density at radius 2 is 2.00 bits per heavy atom. The highest BCUT2D eigenvalue weighted by molar-refractivity contribution is 6.03. The minimum absolute atomic E-state index is 0.268. The smallest absolute Gasteiger partial charge is 0.259 e. The van der Waals surface area contributed by atoms with Gasteiger partial charge >= 0.3 is 0 Å². The fourth-order valence-corrected chi connectivity index (χ4v) is 3.30. The molecule has 7 heteroatoms. The molecule has 0 bridgehead atoms.